The summed E-state index contributed by atoms with van der Waals surface area (Å²) in [5.41, 5.74) is 5.45. The number of aromatic nitrogens is 2. The second-order valence-corrected chi connectivity index (χ2v) is 2.67. The number of rotatable bonds is 3. The Labute approximate surface area is 80.3 Å². The van der Waals surface area contributed by atoms with Crippen molar-refractivity contribution >= 4 is 17.6 Å². The van der Waals surface area contributed by atoms with Gasteiger partial charge in [-0.05, 0) is 0 Å². The maximum Gasteiger partial charge on any atom is 0.318 e. The van der Waals surface area contributed by atoms with Crippen LogP contribution in [0.3, 0.4) is 0 Å². The van der Waals surface area contributed by atoms with Crippen molar-refractivity contribution in [1.29, 1.82) is 0 Å². The fraction of sp³-hybridized carbons (Fsp3) is 0.286. The van der Waals surface area contributed by atoms with Gasteiger partial charge in [-0.25, -0.2) is 4.79 Å². The molecular formula is C7H11N5O2. The minimum atomic E-state index is -0.858. The van der Waals surface area contributed by atoms with E-state index >= 15 is 0 Å². The summed E-state index contributed by atoms with van der Waals surface area (Å²) < 4.78 is 1.59. The summed E-state index contributed by atoms with van der Waals surface area (Å²) >= 11 is 0. The zero-order chi connectivity index (χ0) is 10.6. The van der Waals surface area contributed by atoms with Crippen LogP contribution in [0, 0.1) is 0 Å². The van der Waals surface area contributed by atoms with Crippen LogP contribution >= 0.6 is 0 Å². The molecule has 0 aromatic carbocycles. The number of imide groups is 1. The lowest BCUT2D eigenvalue weighted by Crippen LogP contribution is -2.38. The second-order valence-electron chi connectivity index (χ2n) is 2.67. The third kappa shape index (κ3) is 3.13. The number of anilines is 1. The molecule has 1 rings (SSSR count). The van der Waals surface area contributed by atoms with Crippen LogP contribution in [-0.4, -0.2) is 28.3 Å². The average Bonchev–Trinajstić information content (AvgIpc) is 2.47. The van der Waals surface area contributed by atoms with Crippen molar-refractivity contribution in [2.45, 2.75) is 0 Å². The van der Waals surface area contributed by atoms with Crippen LogP contribution in [-0.2, 0) is 11.8 Å². The molecule has 0 saturated heterocycles. The molecule has 0 radical (unpaired) electrons. The van der Waals surface area contributed by atoms with Gasteiger partial charge in [0.1, 0.15) is 0 Å². The first-order valence-corrected chi connectivity index (χ1v) is 3.89. The topological polar surface area (TPSA) is 102 Å². The number of nitrogens with two attached hydrogens (primary N) is 1. The van der Waals surface area contributed by atoms with Crippen molar-refractivity contribution in [2.75, 3.05) is 11.9 Å². The molecule has 0 aliphatic heterocycles. The van der Waals surface area contributed by atoms with Gasteiger partial charge in [0.2, 0.25) is 5.91 Å². The SMILES string of the molecule is Cn1cc(NCC(=O)NC(N)=O)cn1. The first kappa shape index (κ1) is 10.0. The van der Waals surface area contributed by atoms with Gasteiger partial charge in [-0.2, -0.15) is 5.10 Å². The van der Waals surface area contributed by atoms with Gasteiger partial charge in [-0.15, -0.1) is 0 Å². The molecule has 1 aromatic heterocycles. The van der Waals surface area contributed by atoms with Gasteiger partial charge >= 0.3 is 6.03 Å². The van der Waals surface area contributed by atoms with Gasteiger partial charge in [0.05, 0.1) is 18.4 Å². The van der Waals surface area contributed by atoms with E-state index in [1.807, 2.05) is 5.32 Å². The Balaban J connectivity index is 2.34. The summed E-state index contributed by atoms with van der Waals surface area (Å²) in [5, 5.41) is 8.58. The van der Waals surface area contributed by atoms with Crippen LogP contribution in [0.25, 0.3) is 0 Å². The predicted octanol–water partition coefficient (Wildman–Crippen LogP) is -0.973. The molecule has 0 unspecified atom stereocenters. The molecule has 0 atom stereocenters. The monoisotopic (exact) mass is 197 g/mol. The van der Waals surface area contributed by atoms with E-state index in [9.17, 15) is 9.59 Å². The smallest absolute Gasteiger partial charge is 0.318 e. The summed E-state index contributed by atoms with van der Waals surface area (Å²) in [6, 6.07) is -0.858. The Bertz CT molecular complexity index is 346. The molecule has 76 valence electrons. The lowest BCUT2D eigenvalue weighted by atomic mass is 10.5. The molecule has 14 heavy (non-hydrogen) atoms. The Kier molecular flexibility index (Phi) is 3.05. The number of amides is 3. The summed E-state index contributed by atoms with van der Waals surface area (Å²) in [4.78, 5) is 21.2. The van der Waals surface area contributed by atoms with Crippen LogP contribution in [0.5, 0.6) is 0 Å². The van der Waals surface area contributed by atoms with Crippen LogP contribution in [0.15, 0.2) is 12.4 Å². The zero-order valence-electron chi connectivity index (χ0n) is 7.65. The van der Waals surface area contributed by atoms with Crippen molar-refractivity contribution in [1.82, 2.24) is 15.1 Å². The second kappa shape index (κ2) is 4.26. The summed E-state index contributed by atoms with van der Waals surface area (Å²) in [6.45, 7) is -0.0192. The summed E-state index contributed by atoms with van der Waals surface area (Å²) in [7, 11) is 1.76. The third-order valence-corrected chi connectivity index (χ3v) is 1.42. The minimum Gasteiger partial charge on any atom is -0.374 e. The number of carbonyl (C=O) groups excluding carboxylic acids is 2. The van der Waals surface area contributed by atoms with E-state index in [4.69, 9.17) is 5.73 Å². The molecule has 0 aliphatic rings. The van der Waals surface area contributed by atoms with E-state index in [1.165, 1.54) is 0 Å². The van der Waals surface area contributed by atoms with Crippen molar-refractivity contribution < 1.29 is 9.59 Å². The van der Waals surface area contributed by atoms with Gasteiger partial charge in [0, 0.05) is 13.2 Å². The fourth-order valence-corrected chi connectivity index (χ4v) is 0.876. The minimum absolute atomic E-state index is 0.0192. The molecule has 7 nitrogen and oxygen atoms in total. The summed E-state index contributed by atoms with van der Waals surface area (Å²) in [5.74, 6) is -0.485. The molecular weight excluding hydrogens is 186 g/mol. The number of carbonyl (C=O) groups is 2. The van der Waals surface area contributed by atoms with Gasteiger partial charge in [-0.3, -0.25) is 14.8 Å². The predicted molar refractivity (Wildman–Crippen MR) is 49.4 cm³/mol. The highest BCUT2D eigenvalue weighted by atomic mass is 16.2. The normalized spacial score (nSPS) is 9.50. The number of hydrogen-bond donors (Lipinski definition) is 3. The molecule has 0 spiro atoms. The van der Waals surface area contributed by atoms with Crippen molar-refractivity contribution in [2.24, 2.45) is 12.8 Å². The highest BCUT2D eigenvalue weighted by molar-refractivity contribution is 5.95. The highest BCUT2D eigenvalue weighted by Crippen LogP contribution is 2.01. The molecule has 4 N–H and O–H groups in total. The van der Waals surface area contributed by atoms with Crippen LogP contribution < -0.4 is 16.4 Å². The van der Waals surface area contributed by atoms with Crippen LogP contribution in [0.1, 0.15) is 0 Å². The van der Waals surface area contributed by atoms with E-state index in [0.29, 0.717) is 5.69 Å². The Morgan fingerprint density at radius 3 is 2.86 bits per heavy atom. The number of urea groups is 1. The summed E-state index contributed by atoms with van der Waals surface area (Å²) in [6.07, 6.45) is 3.27. The standard InChI is InChI=1S/C7H11N5O2/c1-12-4-5(2-10-12)9-3-6(13)11-7(8)14/h2,4,9H,3H2,1H3,(H3,8,11,13,14). The first-order valence-electron chi connectivity index (χ1n) is 3.89. The third-order valence-electron chi connectivity index (χ3n) is 1.42. The van der Waals surface area contributed by atoms with Crippen molar-refractivity contribution in [3.8, 4) is 0 Å². The maximum atomic E-state index is 10.9. The van der Waals surface area contributed by atoms with Gasteiger partial charge < -0.3 is 11.1 Å². The number of hydrogen-bond acceptors (Lipinski definition) is 4. The van der Waals surface area contributed by atoms with E-state index in [1.54, 1.807) is 24.1 Å². The molecule has 7 heteroatoms. The van der Waals surface area contributed by atoms with E-state index < -0.39 is 11.9 Å². The molecule has 1 heterocycles. The fourth-order valence-electron chi connectivity index (χ4n) is 0.876. The van der Waals surface area contributed by atoms with Gasteiger partial charge in [0.25, 0.3) is 0 Å². The van der Waals surface area contributed by atoms with Crippen molar-refractivity contribution in [3.05, 3.63) is 12.4 Å². The molecule has 0 bridgehead atoms. The number of nitrogens with zero attached hydrogens (tertiary/aromatic N) is 2. The van der Waals surface area contributed by atoms with Gasteiger partial charge in [0.15, 0.2) is 0 Å². The lowest BCUT2D eigenvalue weighted by Gasteiger charge is -2.01. The number of primary amides is 1. The number of aryl methyl sites for hydroxylation is 1. The molecule has 1 aromatic rings. The molecule has 3 amide bonds. The van der Waals surface area contributed by atoms with E-state index in [-0.39, 0.29) is 6.54 Å². The Morgan fingerprint density at radius 2 is 2.36 bits per heavy atom. The van der Waals surface area contributed by atoms with Crippen molar-refractivity contribution in [3.63, 3.8) is 0 Å². The van der Waals surface area contributed by atoms with Crippen LogP contribution in [0.2, 0.25) is 0 Å². The first-order chi connectivity index (χ1) is 6.58. The number of nitrogens with one attached hydrogen (secondary N) is 2. The largest absolute Gasteiger partial charge is 0.374 e. The zero-order valence-corrected chi connectivity index (χ0v) is 7.65. The molecule has 0 saturated carbocycles. The Morgan fingerprint density at radius 1 is 1.64 bits per heavy atom. The van der Waals surface area contributed by atoms with E-state index in [0.717, 1.165) is 0 Å². The Hall–Kier alpha value is -2.05. The van der Waals surface area contributed by atoms with Crippen LogP contribution in [0.4, 0.5) is 10.5 Å². The molecule has 0 aliphatic carbocycles. The average molecular weight is 197 g/mol. The van der Waals surface area contributed by atoms with E-state index in [2.05, 4.69) is 10.4 Å². The van der Waals surface area contributed by atoms with Gasteiger partial charge in [-0.1, -0.05) is 0 Å². The quantitative estimate of drug-likeness (QED) is 0.580. The molecule has 0 fully saturated rings. The lowest BCUT2D eigenvalue weighted by molar-refractivity contribution is -0.118. The maximum absolute atomic E-state index is 10.9. The highest BCUT2D eigenvalue weighted by Gasteiger charge is 2.03.